The third-order valence-corrected chi connectivity index (χ3v) is 4.30. The van der Waals surface area contributed by atoms with Crippen LogP contribution in [0.5, 0.6) is 0 Å². The van der Waals surface area contributed by atoms with Crippen molar-refractivity contribution in [1.29, 1.82) is 0 Å². The molecule has 17 heavy (non-hydrogen) atoms. The average Bonchev–Trinajstić information content (AvgIpc) is 2.52. The fourth-order valence-electron chi connectivity index (χ4n) is 2.28. The van der Waals surface area contributed by atoms with Gasteiger partial charge in [-0.05, 0) is 35.4 Å². The van der Waals surface area contributed by atoms with E-state index in [2.05, 4.69) is 5.10 Å². The summed E-state index contributed by atoms with van der Waals surface area (Å²) in [7, 11) is 0. The van der Waals surface area contributed by atoms with E-state index < -0.39 is 12.1 Å². The maximum absolute atomic E-state index is 10.9. The molecule has 0 spiro atoms. The van der Waals surface area contributed by atoms with Crippen molar-refractivity contribution in [2.45, 2.75) is 44.2 Å². The molecule has 0 aliphatic heterocycles. The number of halogens is 1. The summed E-state index contributed by atoms with van der Waals surface area (Å²) in [6.45, 7) is 0. The third kappa shape index (κ3) is 2.62. The number of rotatable bonds is 2. The van der Waals surface area contributed by atoms with E-state index >= 15 is 0 Å². The number of carboxylic acids is 1. The summed E-state index contributed by atoms with van der Waals surface area (Å²) in [5.41, 5.74) is 0.210. The third-order valence-electron chi connectivity index (χ3n) is 3.22. The quantitative estimate of drug-likeness (QED) is 0.632. The molecule has 94 valence electrons. The number of aliphatic hydroxyl groups is 1. The summed E-state index contributed by atoms with van der Waals surface area (Å²) in [6, 6.07) is -0.0856. The molecule has 0 amide bonds. The van der Waals surface area contributed by atoms with Crippen LogP contribution in [0.2, 0.25) is 0 Å². The number of aromatic nitrogens is 2. The second-order valence-electron chi connectivity index (χ2n) is 4.37. The van der Waals surface area contributed by atoms with Gasteiger partial charge in [-0.3, -0.25) is 4.68 Å². The Morgan fingerprint density at radius 3 is 2.76 bits per heavy atom. The van der Waals surface area contributed by atoms with Gasteiger partial charge < -0.3 is 10.2 Å². The van der Waals surface area contributed by atoms with Crippen LogP contribution in [0.3, 0.4) is 0 Å². The minimum atomic E-state index is -0.969. The Bertz CT molecular complexity index is 419. The van der Waals surface area contributed by atoms with E-state index in [0.717, 1.165) is 32.1 Å². The topological polar surface area (TPSA) is 75.3 Å². The van der Waals surface area contributed by atoms with E-state index in [1.54, 1.807) is 4.68 Å². The molecule has 1 fully saturated rings. The maximum Gasteiger partial charge on any atom is 0.340 e. The molecule has 0 radical (unpaired) electrons. The zero-order valence-electron chi connectivity index (χ0n) is 9.34. The van der Waals surface area contributed by atoms with E-state index in [9.17, 15) is 9.90 Å². The van der Waals surface area contributed by atoms with Crippen molar-refractivity contribution in [2.75, 3.05) is 0 Å². The molecule has 1 aliphatic rings. The summed E-state index contributed by atoms with van der Waals surface area (Å²) < 4.78 is 2.26. The monoisotopic (exact) mass is 350 g/mol. The highest BCUT2D eigenvalue weighted by atomic mass is 127. The number of aromatic carboxylic acids is 1. The summed E-state index contributed by atoms with van der Waals surface area (Å²) in [5, 5.41) is 23.2. The number of aliphatic hydroxyl groups excluding tert-OH is 1. The predicted molar refractivity (Wildman–Crippen MR) is 70.0 cm³/mol. The molecule has 0 saturated heterocycles. The lowest BCUT2D eigenvalue weighted by molar-refractivity contribution is 0.0693. The Morgan fingerprint density at radius 1 is 1.41 bits per heavy atom. The van der Waals surface area contributed by atoms with Gasteiger partial charge in [-0.25, -0.2) is 4.79 Å². The van der Waals surface area contributed by atoms with Crippen LogP contribution in [-0.4, -0.2) is 32.1 Å². The molecule has 0 aromatic carbocycles. The Balaban J connectivity index is 2.29. The zero-order chi connectivity index (χ0) is 12.4. The second kappa shape index (κ2) is 5.34. The zero-order valence-corrected chi connectivity index (χ0v) is 11.5. The number of carbonyl (C=O) groups is 1. The smallest absolute Gasteiger partial charge is 0.340 e. The minimum absolute atomic E-state index is 0.0856. The molecule has 6 heteroatoms. The number of hydrogen-bond acceptors (Lipinski definition) is 3. The second-order valence-corrected chi connectivity index (χ2v) is 5.39. The average molecular weight is 350 g/mol. The van der Waals surface area contributed by atoms with Crippen LogP contribution in [0.25, 0.3) is 0 Å². The van der Waals surface area contributed by atoms with Gasteiger partial charge in [-0.15, -0.1) is 0 Å². The first kappa shape index (κ1) is 12.8. The van der Waals surface area contributed by atoms with Crippen LogP contribution in [0.4, 0.5) is 0 Å². The van der Waals surface area contributed by atoms with E-state index in [4.69, 9.17) is 5.11 Å². The molecule has 2 N–H and O–H groups in total. The SMILES string of the molecule is O=C(O)c1cnn(C2CCCCCC2O)c1I. The van der Waals surface area contributed by atoms with Gasteiger partial charge in [0.2, 0.25) is 0 Å². The lowest BCUT2D eigenvalue weighted by Crippen LogP contribution is -2.25. The lowest BCUT2D eigenvalue weighted by Gasteiger charge is -2.21. The van der Waals surface area contributed by atoms with Gasteiger partial charge in [0, 0.05) is 0 Å². The molecular weight excluding hydrogens is 335 g/mol. The molecule has 1 aliphatic carbocycles. The van der Waals surface area contributed by atoms with Gasteiger partial charge >= 0.3 is 5.97 Å². The summed E-state index contributed by atoms with van der Waals surface area (Å²) >= 11 is 1.98. The van der Waals surface area contributed by atoms with Gasteiger partial charge in [0.05, 0.1) is 18.3 Å². The van der Waals surface area contributed by atoms with Gasteiger partial charge in [0.25, 0.3) is 0 Å². The first-order valence-corrected chi connectivity index (χ1v) is 6.83. The Labute approximate surface area is 113 Å². The van der Waals surface area contributed by atoms with Crippen molar-refractivity contribution in [1.82, 2.24) is 9.78 Å². The lowest BCUT2D eigenvalue weighted by atomic mass is 10.1. The summed E-state index contributed by atoms with van der Waals surface area (Å²) in [5.74, 6) is -0.969. The largest absolute Gasteiger partial charge is 0.478 e. The van der Waals surface area contributed by atoms with Crippen LogP contribution in [0.15, 0.2) is 6.20 Å². The number of carboxylic acid groups (broad SMARTS) is 1. The van der Waals surface area contributed by atoms with E-state index in [1.807, 2.05) is 22.6 Å². The van der Waals surface area contributed by atoms with E-state index in [0.29, 0.717) is 3.70 Å². The highest BCUT2D eigenvalue weighted by molar-refractivity contribution is 14.1. The van der Waals surface area contributed by atoms with Crippen molar-refractivity contribution in [3.05, 3.63) is 15.5 Å². The molecule has 2 unspecified atom stereocenters. The molecule has 0 bridgehead atoms. The normalized spacial score (nSPS) is 25.5. The predicted octanol–water partition coefficient (Wildman–Crippen LogP) is 2.05. The summed E-state index contributed by atoms with van der Waals surface area (Å²) in [4.78, 5) is 10.9. The van der Waals surface area contributed by atoms with Gasteiger partial charge in [-0.1, -0.05) is 19.3 Å². The van der Waals surface area contributed by atoms with Crippen LogP contribution in [-0.2, 0) is 0 Å². The van der Waals surface area contributed by atoms with Crippen LogP contribution >= 0.6 is 22.6 Å². The molecule has 5 nitrogen and oxygen atoms in total. The van der Waals surface area contributed by atoms with Gasteiger partial charge in [0.15, 0.2) is 0 Å². The van der Waals surface area contributed by atoms with E-state index in [1.165, 1.54) is 6.20 Å². The van der Waals surface area contributed by atoms with Crippen molar-refractivity contribution >= 4 is 28.6 Å². The fraction of sp³-hybridized carbons (Fsp3) is 0.636. The molecule has 2 rings (SSSR count). The highest BCUT2D eigenvalue weighted by Gasteiger charge is 2.27. The minimum Gasteiger partial charge on any atom is -0.478 e. The van der Waals surface area contributed by atoms with Crippen LogP contribution < -0.4 is 0 Å². The molecular formula is C11H15IN2O3. The van der Waals surface area contributed by atoms with Crippen LogP contribution in [0, 0.1) is 3.70 Å². The first-order chi connectivity index (χ1) is 8.11. The molecule has 2 atom stereocenters. The van der Waals surface area contributed by atoms with Crippen molar-refractivity contribution in [3.63, 3.8) is 0 Å². The first-order valence-electron chi connectivity index (χ1n) is 5.75. The van der Waals surface area contributed by atoms with Crippen molar-refractivity contribution in [2.24, 2.45) is 0 Å². The number of nitrogens with zero attached hydrogens (tertiary/aromatic N) is 2. The van der Waals surface area contributed by atoms with Crippen molar-refractivity contribution in [3.8, 4) is 0 Å². The fourth-order valence-corrected chi connectivity index (χ4v) is 3.13. The Morgan fingerprint density at radius 2 is 2.12 bits per heavy atom. The Hall–Kier alpha value is -0.630. The van der Waals surface area contributed by atoms with Gasteiger partial charge in [-0.2, -0.15) is 5.10 Å². The molecule has 1 aromatic heterocycles. The van der Waals surface area contributed by atoms with Crippen LogP contribution in [0.1, 0.15) is 48.5 Å². The Kier molecular flexibility index (Phi) is 4.03. The van der Waals surface area contributed by atoms with Crippen molar-refractivity contribution < 1.29 is 15.0 Å². The van der Waals surface area contributed by atoms with E-state index in [-0.39, 0.29) is 11.6 Å². The molecule has 1 saturated carbocycles. The maximum atomic E-state index is 10.9. The standard InChI is InChI=1S/C11H15IN2O3/c12-10-7(11(16)17)6-13-14(10)8-4-2-1-3-5-9(8)15/h6,8-9,15H,1-5H2,(H,16,17). The summed E-state index contributed by atoms with van der Waals surface area (Å²) in [6.07, 6.45) is 5.77. The molecule has 1 aromatic rings. The van der Waals surface area contributed by atoms with Gasteiger partial charge in [0.1, 0.15) is 9.26 Å². The highest BCUT2D eigenvalue weighted by Crippen LogP contribution is 2.29. The number of hydrogen-bond donors (Lipinski definition) is 2. The molecule has 1 heterocycles.